The summed E-state index contributed by atoms with van der Waals surface area (Å²) in [7, 11) is 4.10. The van der Waals surface area contributed by atoms with Crippen molar-refractivity contribution in [2.45, 2.75) is 20.8 Å². The number of fused-ring (bicyclic) bond motifs is 4. The maximum absolute atomic E-state index is 9.03. The Hall–Kier alpha value is -5.92. The van der Waals surface area contributed by atoms with Crippen LogP contribution in [0.1, 0.15) is 20.8 Å². The molecule has 0 atom stereocenters. The van der Waals surface area contributed by atoms with Gasteiger partial charge in [-0.2, -0.15) is 0 Å². The number of hydrogen-bond donors (Lipinski definition) is 7. The van der Waals surface area contributed by atoms with Crippen LogP contribution in [0.2, 0.25) is 0 Å². The zero-order valence-electron chi connectivity index (χ0n) is 36.7. The average Bonchev–Trinajstić information content (AvgIpc) is 3.26. The predicted octanol–water partition coefficient (Wildman–Crippen LogP) is 1.46. The standard InChI is InChI=1S/2C11H18N4O.C10H16N4O.C10H16N4/c1-2-14-3-4-15(5-6-16)10-7-9(12)8-13-11(10)14;1-2-14-3-4-15(5-6-16)11-10(14)7-9(12)8-13-11;1-13-2-3-14(4-5-15)10-9(13)6-8(11)7-12-10;1-3-14-5-4-13(2)9-6-8(11)7-12-10(9)14/h2*7-8,16H,2-6,12H2,1H3;6-7,15H,2-5,11H2,1H3;6-7H,3-5,11H2,1-2H3. The normalized spacial score (nSPS) is 15.3. The molecule has 19 heteroatoms. The molecule has 4 aromatic heterocycles. The average molecular weight is 845 g/mol. The van der Waals surface area contributed by atoms with Gasteiger partial charge in [0.2, 0.25) is 0 Å². The minimum atomic E-state index is 0.148. The Bertz CT molecular complexity index is 1990. The molecule has 19 nitrogen and oxygen atoms in total. The number of likely N-dealkylation sites (N-methyl/N-ethyl adjacent to an activating group) is 5. The molecule has 4 aromatic rings. The van der Waals surface area contributed by atoms with E-state index in [1.54, 1.807) is 24.8 Å². The molecule has 0 aliphatic carbocycles. The fourth-order valence-corrected chi connectivity index (χ4v) is 7.75. The number of nitrogens with zero attached hydrogens (tertiary/aromatic N) is 12. The van der Waals surface area contributed by atoms with Gasteiger partial charge in [-0.25, -0.2) is 19.9 Å². The van der Waals surface area contributed by atoms with Gasteiger partial charge in [0, 0.05) is 106 Å². The quantitative estimate of drug-likeness (QED) is 0.126. The summed E-state index contributed by atoms with van der Waals surface area (Å²) in [4.78, 5) is 34.8. The van der Waals surface area contributed by atoms with Gasteiger partial charge in [-0.15, -0.1) is 0 Å². The van der Waals surface area contributed by atoms with Crippen molar-refractivity contribution in [2.24, 2.45) is 0 Å². The van der Waals surface area contributed by atoms with Crippen molar-refractivity contribution in [3.63, 3.8) is 0 Å². The Balaban J connectivity index is 0.000000154. The number of β-amino-alcohol motifs (C(OH)–C–C–N with tert-alkyl or cyclic N) is 3. The smallest absolute Gasteiger partial charge is 0.152 e. The summed E-state index contributed by atoms with van der Waals surface area (Å²) in [5.41, 5.74) is 30.0. The molecule has 0 aromatic carbocycles. The highest BCUT2D eigenvalue weighted by Crippen LogP contribution is 2.34. The lowest BCUT2D eigenvalue weighted by Gasteiger charge is -2.37. The van der Waals surface area contributed by atoms with Crippen molar-refractivity contribution < 1.29 is 15.3 Å². The minimum Gasteiger partial charge on any atom is -0.397 e. The van der Waals surface area contributed by atoms with E-state index in [1.165, 1.54) is 0 Å². The van der Waals surface area contributed by atoms with Gasteiger partial charge in [-0.1, -0.05) is 0 Å². The van der Waals surface area contributed by atoms with Crippen LogP contribution in [-0.4, -0.2) is 161 Å². The van der Waals surface area contributed by atoms with Crippen LogP contribution in [0.15, 0.2) is 49.1 Å². The number of pyridine rings is 4. The van der Waals surface area contributed by atoms with E-state index in [0.29, 0.717) is 36.7 Å². The van der Waals surface area contributed by atoms with E-state index in [9.17, 15) is 0 Å². The van der Waals surface area contributed by atoms with Crippen LogP contribution < -0.4 is 62.1 Å². The topological polar surface area (TPSA) is 242 Å². The number of hydrogen-bond acceptors (Lipinski definition) is 19. The number of nitrogen functional groups attached to an aromatic ring is 4. The molecule has 4 aliphatic rings. The molecule has 0 saturated heterocycles. The number of rotatable bonds is 9. The lowest BCUT2D eigenvalue weighted by Crippen LogP contribution is -2.42. The van der Waals surface area contributed by atoms with E-state index in [4.69, 9.17) is 38.3 Å². The highest BCUT2D eigenvalue weighted by atomic mass is 16.3. The lowest BCUT2D eigenvalue weighted by atomic mass is 10.2. The minimum absolute atomic E-state index is 0.148. The zero-order chi connectivity index (χ0) is 44.1. The van der Waals surface area contributed by atoms with E-state index in [2.05, 4.69) is 87.0 Å². The maximum Gasteiger partial charge on any atom is 0.152 e. The van der Waals surface area contributed by atoms with E-state index in [0.717, 1.165) is 124 Å². The van der Waals surface area contributed by atoms with Gasteiger partial charge in [-0.3, -0.25) is 0 Å². The molecule has 8 heterocycles. The molecular formula is C42H68N16O3. The van der Waals surface area contributed by atoms with Crippen molar-refractivity contribution in [1.82, 2.24) is 19.9 Å². The summed E-state index contributed by atoms with van der Waals surface area (Å²) in [6.07, 6.45) is 6.73. The highest BCUT2D eigenvalue weighted by molar-refractivity contribution is 5.75. The van der Waals surface area contributed by atoms with Crippen LogP contribution in [-0.2, 0) is 0 Å². The molecule has 0 radical (unpaired) electrons. The van der Waals surface area contributed by atoms with Gasteiger partial charge in [0.1, 0.15) is 0 Å². The third-order valence-corrected chi connectivity index (χ3v) is 11.1. The molecule has 0 bridgehead atoms. The monoisotopic (exact) mass is 845 g/mol. The molecule has 61 heavy (non-hydrogen) atoms. The van der Waals surface area contributed by atoms with Gasteiger partial charge in [0.15, 0.2) is 23.3 Å². The molecule has 8 rings (SSSR count). The Morgan fingerprint density at radius 1 is 0.410 bits per heavy atom. The van der Waals surface area contributed by atoms with Gasteiger partial charge in [0.05, 0.1) is 90.1 Å². The maximum atomic E-state index is 9.03. The number of aliphatic hydroxyl groups excluding tert-OH is 3. The summed E-state index contributed by atoms with van der Waals surface area (Å²) in [6.45, 7) is 19.2. The second-order valence-electron chi connectivity index (χ2n) is 15.2. The van der Waals surface area contributed by atoms with E-state index < -0.39 is 0 Å². The first-order valence-electron chi connectivity index (χ1n) is 21.2. The van der Waals surface area contributed by atoms with Crippen molar-refractivity contribution in [2.75, 3.05) is 188 Å². The van der Waals surface area contributed by atoms with Crippen LogP contribution in [0.25, 0.3) is 0 Å². The molecule has 0 spiro atoms. The molecular weight excluding hydrogens is 777 g/mol. The Kier molecular flexibility index (Phi) is 16.7. The first-order valence-corrected chi connectivity index (χ1v) is 21.2. The summed E-state index contributed by atoms with van der Waals surface area (Å²) in [5, 5.41) is 27.0. The molecule has 0 amide bonds. The summed E-state index contributed by atoms with van der Waals surface area (Å²) in [6, 6.07) is 7.80. The van der Waals surface area contributed by atoms with Crippen LogP contribution in [0.5, 0.6) is 0 Å². The van der Waals surface area contributed by atoms with E-state index in [-0.39, 0.29) is 19.8 Å². The van der Waals surface area contributed by atoms with Crippen molar-refractivity contribution in [3.8, 4) is 0 Å². The van der Waals surface area contributed by atoms with Crippen molar-refractivity contribution in [3.05, 3.63) is 49.1 Å². The molecule has 334 valence electrons. The molecule has 0 unspecified atom stereocenters. The zero-order valence-corrected chi connectivity index (χ0v) is 36.7. The number of nitrogens with two attached hydrogens (primary N) is 4. The van der Waals surface area contributed by atoms with Crippen LogP contribution >= 0.6 is 0 Å². The number of aliphatic hydroxyl groups is 3. The van der Waals surface area contributed by atoms with Crippen molar-refractivity contribution in [1.29, 1.82) is 0 Å². The van der Waals surface area contributed by atoms with Gasteiger partial charge < -0.3 is 77.5 Å². The number of anilines is 12. The van der Waals surface area contributed by atoms with E-state index >= 15 is 0 Å². The highest BCUT2D eigenvalue weighted by Gasteiger charge is 2.25. The van der Waals surface area contributed by atoms with Crippen molar-refractivity contribution >= 4 is 68.8 Å². The van der Waals surface area contributed by atoms with Gasteiger partial charge in [0.25, 0.3) is 0 Å². The van der Waals surface area contributed by atoms with Gasteiger partial charge in [-0.05, 0) is 45.0 Å². The molecule has 0 fully saturated rings. The second kappa shape index (κ2) is 22.1. The van der Waals surface area contributed by atoms with Gasteiger partial charge >= 0.3 is 0 Å². The molecule has 0 saturated carbocycles. The summed E-state index contributed by atoms with van der Waals surface area (Å²) < 4.78 is 0. The Morgan fingerprint density at radius 3 is 1.11 bits per heavy atom. The summed E-state index contributed by atoms with van der Waals surface area (Å²) in [5.74, 6) is 3.86. The van der Waals surface area contributed by atoms with Crippen LogP contribution in [0.4, 0.5) is 68.8 Å². The van der Waals surface area contributed by atoms with Crippen LogP contribution in [0, 0.1) is 0 Å². The largest absolute Gasteiger partial charge is 0.397 e. The Morgan fingerprint density at radius 2 is 0.689 bits per heavy atom. The first kappa shape index (κ1) is 46.2. The third kappa shape index (κ3) is 11.5. The number of aromatic nitrogens is 4. The second-order valence-corrected chi connectivity index (χ2v) is 15.2. The Labute approximate surface area is 360 Å². The fourth-order valence-electron chi connectivity index (χ4n) is 7.75. The predicted molar refractivity (Wildman–Crippen MR) is 253 cm³/mol. The lowest BCUT2D eigenvalue weighted by molar-refractivity contribution is 0.301. The van der Waals surface area contributed by atoms with E-state index in [1.807, 2.05) is 31.3 Å². The molecule has 11 N–H and O–H groups in total. The van der Waals surface area contributed by atoms with Crippen LogP contribution in [0.3, 0.4) is 0 Å². The SMILES string of the molecule is CCN1CCN(C)c2cc(N)cnc21.CCN1CCN(CCO)c2cc(N)cnc21.CCN1CCN(CCO)c2ncc(N)cc21.CN1CCN(CCO)c2ncc(N)cc21. The fraction of sp³-hybridized carbons (Fsp3) is 0.524. The third-order valence-electron chi connectivity index (χ3n) is 11.1. The first-order chi connectivity index (χ1) is 29.5. The summed E-state index contributed by atoms with van der Waals surface area (Å²) >= 11 is 0. The molecule has 4 aliphatic heterocycles.